The van der Waals surface area contributed by atoms with Gasteiger partial charge in [-0.3, -0.25) is 29.6 Å². The first kappa shape index (κ1) is 33.5. The normalized spacial score (nSPS) is 14.3. The van der Waals surface area contributed by atoms with E-state index >= 15 is 0 Å². The number of rotatable bonds is 11. The van der Waals surface area contributed by atoms with Crippen LogP contribution in [0, 0.1) is 20.2 Å². The number of allylic oxidation sites excluding steroid dienone is 1. The molecular weight excluding hydrogens is 644 g/mol. The first-order valence-corrected chi connectivity index (χ1v) is 15.5. The van der Waals surface area contributed by atoms with Gasteiger partial charge in [0, 0.05) is 11.6 Å². The Morgan fingerprint density at radius 2 is 1.75 bits per heavy atom. The summed E-state index contributed by atoms with van der Waals surface area (Å²) in [5, 5.41) is 22.7. The average molecular weight is 675 g/mol. The zero-order valence-corrected chi connectivity index (χ0v) is 27.3. The molecule has 248 valence electrons. The molecule has 14 nitrogen and oxygen atoms in total. The van der Waals surface area contributed by atoms with Gasteiger partial charge in [0.1, 0.15) is 11.8 Å². The van der Waals surface area contributed by atoms with E-state index in [4.69, 9.17) is 18.9 Å². The van der Waals surface area contributed by atoms with Gasteiger partial charge in [0.05, 0.1) is 51.5 Å². The van der Waals surface area contributed by atoms with Crippen LogP contribution < -0.4 is 29.1 Å². The van der Waals surface area contributed by atoms with Crippen LogP contribution >= 0.6 is 11.3 Å². The predicted octanol–water partition coefficient (Wildman–Crippen LogP) is 5.20. The van der Waals surface area contributed by atoms with E-state index in [0.717, 1.165) is 29.5 Å². The Kier molecular flexibility index (Phi) is 9.70. The van der Waals surface area contributed by atoms with Gasteiger partial charge in [-0.1, -0.05) is 35.6 Å². The van der Waals surface area contributed by atoms with Gasteiger partial charge >= 0.3 is 11.7 Å². The number of nitro groups is 2. The number of nitro benzene ring substituents is 2. The molecule has 1 atom stereocenters. The van der Waals surface area contributed by atoms with Gasteiger partial charge in [-0.2, -0.15) is 0 Å². The molecule has 0 radical (unpaired) electrons. The number of hydrogen-bond donors (Lipinski definition) is 0. The van der Waals surface area contributed by atoms with E-state index in [-0.39, 0.29) is 35.5 Å². The molecule has 0 N–H and O–H groups in total. The summed E-state index contributed by atoms with van der Waals surface area (Å²) in [4.78, 5) is 53.6. The van der Waals surface area contributed by atoms with E-state index in [1.807, 2.05) is 19.9 Å². The highest BCUT2D eigenvalue weighted by Gasteiger charge is 2.35. The number of non-ortho nitro benzene ring substituents is 1. The lowest BCUT2D eigenvalue weighted by molar-refractivity contribution is -0.394. The first-order valence-electron chi connectivity index (χ1n) is 14.7. The van der Waals surface area contributed by atoms with Crippen LogP contribution in [0.5, 0.6) is 23.0 Å². The Morgan fingerprint density at radius 3 is 2.42 bits per heavy atom. The minimum atomic E-state index is -0.875. The highest BCUT2D eigenvalue weighted by atomic mass is 32.1. The molecule has 0 aliphatic carbocycles. The second-order valence-corrected chi connectivity index (χ2v) is 11.7. The van der Waals surface area contributed by atoms with E-state index in [9.17, 15) is 29.8 Å². The summed E-state index contributed by atoms with van der Waals surface area (Å²) in [5.74, 6) is -0.0191. The number of esters is 1. The van der Waals surface area contributed by atoms with Crippen LogP contribution in [-0.2, 0) is 9.53 Å². The third-order valence-corrected chi connectivity index (χ3v) is 8.13. The van der Waals surface area contributed by atoms with Crippen LogP contribution in [0.1, 0.15) is 44.9 Å². The summed E-state index contributed by atoms with van der Waals surface area (Å²) in [6, 6.07) is 14.1. The lowest BCUT2D eigenvalue weighted by atomic mass is 9.95. The highest BCUT2D eigenvalue weighted by molar-refractivity contribution is 7.07. The van der Waals surface area contributed by atoms with Crippen molar-refractivity contribution in [2.24, 2.45) is 4.99 Å². The summed E-state index contributed by atoms with van der Waals surface area (Å²) >= 11 is 1.13. The summed E-state index contributed by atoms with van der Waals surface area (Å²) < 4.78 is 24.5. The minimum absolute atomic E-state index is 0.101. The standard InChI is InChI=1S/C33H30N4O10S/c1-6-45-32(39)29-19(4)34-33-35(30(29)22-9-7-8-10-24(22)46-18(2)3)31(38)28(48-33)16-20-11-13-26(27(15-20)44-5)47-25-14-12-21(36(40)41)17-23(25)37(42)43/h7-18,30H,6H2,1-5H3/b28-16+/t30-/m1/s1. The summed E-state index contributed by atoms with van der Waals surface area (Å²) in [7, 11) is 1.38. The topological polar surface area (TPSA) is 175 Å². The van der Waals surface area contributed by atoms with Gasteiger partial charge in [0.25, 0.3) is 11.2 Å². The first-order chi connectivity index (χ1) is 22.9. The lowest BCUT2D eigenvalue weighted by Gasteiger charge is -2.26. The van der Waals surface area contributed by atoms with Gasteiger partial charge in [-0.15, -0.1) is 0 Å². The highest BCUT2D eigenvalue weighted by Crippen LogP contribution is 2.39. The Labute approximate surface area is 277 Å². The third kappa shape index (κ3) is 6.66. The molecule has 4 aromatic rings. The molecular formula is C33H30N4O10S. The number of carbonyl (C=O) groups is 1. The van der Waals surface area contributed by atoms with Crippen molar-refractivity contribution in [3.05, 3.63) is 123 Å². The van der Waals surface area contributed by atoms with E-state index in [2.05, 4.69) is 4.99 Å². The molecule has 0 saturated heterocycles. The number of carbonyl (C=O) groups excluding carboxylic acids is 1. The molecule has 3 aromatic carbocycles. The van der Waals surface area contributed by atoms with Crippen molar-refractivity contribution in [1.82, 2.24) is 4.57 Å². The number of aromatic nitrogens is 1. The molecule has 0 saturated carbocycles. The Balaban J connectivity index is 1.60. The minimum Gasteiger partial charge on any atom is -0.493 e. The van der Waals surface area contributed by atoms with Gasteiger partial charge in [-0.05, 0) is 63.6 Å². The van der Waals surface area contributed by atoms with E-state index < -0.39 is 38.8 Å². The van der Waals surface area contributed by atoms with Gasteiger partial charge in [0.2, 0.25) is 5.75 Å². The predicted molar refractivity (Wildman–Crippen MR) is 175 cm³/mol. The fraction of sp³-hybridized carbons (Fsp3) is 0.242. The van der Waals surface area contributed by atoms with Crippen molar-refractivity contribution >= 4 is 34.8 Å². The monoisotopic (exact) mass is 674 g/mol. The van der Waals surface area contributed by atoms with E-state index in [1.165, 1.54) is 17.7 Å². The van der Waals surface area contributed by atoms with Crippen LogP contribution in [0.15, 0.2) is 81.7 Å². The van der Waals surface area contributed by atoms with Crippen molar-refractivity contribution in [2.45, 2.75) is 39.8 Å². The van der Waals surface area contributed by atoms with Crippen molar-refractivity contribution in [3.8, 4) is 23.0 Å². The van der Waals surface area contributed by atoms with Crippen LogP contribution in [-0.4, -0.2) is 40.2 Å². The van der Waals surface area contributed by atoms with Crippen molar-refractivity contribution < 1.29 is 33.6 Å². The van der Waals surface area contributed by atoms with Gasteiger partial charge in [-0.25, -0.2) is 9.79 Å². The fourth-order valence-electron chi connectivity index (χ4n) is 5.13. The van der Waals surface area contributed by atoms with Crippen molar-refractivity contribution in [1.29, 1.82) is 0 Å². The number of methoxy groups -OCH3 is 1. The Hall–Kier alpha value is -5.83. The molecule has 0 unspecified atom stereocenters. The van der Waals surface area contributed by atoms with Crippen LogP contribution in [0.3, 0.4) is 0 Å². The maximum Gasteiger partial charge on any atom is 0.338 e. The Bertz CT molecular complexity index is 2150. The summed E-state index contributed by atoms with van der Waals surface area (Å²) in [5.41, 5.74) is 0.305. The molecule has 1 aliphatic rings. The van der Waals surface area contributed by atoms with Crippen molar-refractivity contribution in [3.63, 3.8) is 0 Å². The zero-order chi connectivity index (χ0) is 34.7. The molecule has 0 amide bonds. The number of fused-ring (bicyclic) bond motifs is 1. The Morgan fingerprint density at radius 1 is 1.02 bits per heavy atom. The molecule has 0 spiro atoms. The molecule has 48 heavy (non-hydrogen) atoms. The average Bonchev–Trinajstić information content (AvgIpc) is 3.34. The fourth-order valence-corrected chi connectivity index (χ4v) is 6.18. The number of hydrogen-bond acceptors (Lipinski definition) is 12. The number of benzene rings is 3. The van der Waals surface area contributed by atoms with Crippen LogP contribution in [0.25, 0.3) is 6.08 Å². The smallest absolute Gasteiger partial charge is 0.338 e. The second-order valence-electron chi connectivity index (χ2n) is 10.7. The summed E-state index contributed by atoms with van der Waals surface area (Å²) in [6.07, 6.45) is 1.45. The molecule has 1 aromatic heterocycles. The zero-order valence-electron chi connectivity index (χ0n) is 26.5. The largest absolute Gasteiger partial charge is 0.493 e. The quantitative estimate of drug-likeness (QED) is 0.117. The van der Waals surface area contributed by atoms with Crippen molar-refractivity contribution in [2.75, 3.05) is 13.7 Å². The third-order valence-electron chi connectivity index (χ3n) is 7.15. The van der Waals surface area contributed by atoms with E-state index in [1.54, 1.807) is 50.3 Å². The maximum atomic E-state index is 14.1. The number of ether oxygens (including phenoxy) is 4. The number of para-hydroxylation sites is 1. The van der Waals surface area contributed by atoms with E-state index in [0.29, 0.717) is 31.9 Å². The van der Waals surface area contributed by atoms with Gasteiger partial charge < -0.3 is 18.9 Å². The molecule has 2 heterocycles. The summed E-state index contributed by atoms with van der Waals surface area (Å²) in [6.45, 7) is 7.30. The molecule has 1 aliphatic heterocycles. The lowest BCUT2D eigenvalue weighted by Crippen LogP contribution is -2.40. The number of nitrogens with zero attached hydrogens (tertiary/aromatic N) is 4. The molecule has 0 bridgehead atoms. The van der Waals surface area contributed by atoms with Gasteiger partial charge in [0.15, 0.2) is 16.3 Å². The molecule has 0 fully saturated rings. The number of thiazole rings is 1. The SMILES string of the molecule is CCOC(=O)C1=C(C)N=c2s/c(=C/c3ccc(Oc4ccc([N+](=O)[O-])cc4[N+](=O)[O-])c(OC)c3)c(=O)n2[C@@H]1c1ccccc1OC(C)C. The van der Waals surface area contributed by atoms with Crippen LogP contribution in [0.4, 0.5) is 11.4 Å². The molecule has 15 heteroatoms. The second kappa shape index (κ2) is 13.9. The maximum absolute atomic E-state index is 14.1. The molecule has 5 rings (SSSR count). The van der Waals surface area contributed by atoms with Crippen LogP contribution in [0.2, 0.25) is 0 Å².